The molecule has 0 aliphatic rings. The molecule has 2 nitrogen and oxygen atoms in total. The zero-order valence-corrected chi connectivity index (χ0v) is 11.6. The molecule has 1 unspecified atom stereocenters. The maximum Gasteiger partial charge on any atom is 0.115 e. The van der Waals surface area contributed by atoms with Gasteiger partial charge in [0.25, 0.3) is 0 Å². The lowest BCUT2D eigenvalue weighted by atomic mass is 10.0. The molecule has 1 aromatic carbocycles. The highest BCUT2D eigenvalue weighted by Crippen LogP contribution is 2.24. The Balaban J connectivity index is 2.83. The Labute approximate surface area is 105 Å². The molecule has 1 atom stereocenters. The summed E-state index contributed by atoms with van der Waals surface area (Å²) in [6.45, 7) is 12.3. The average Bonchev–Trinajstić information content (AvgIpc) is 2.25. The van der Waals surface area contributed by atoms with Crippen LogP contribution in [0.3, 0.4) is 0 Å². The van der Waals surface area contributed by atoms with E-state index in [9.17, 15) is 5.11 Å². The van der Waals surface area contributed by atoms with Crippen LogP contribution in [0.15, 0.2) is 24.3 Å². The second-order valence-corrected chi connectivity index (χ2v) is 5.45. The molecule has 0 amide bonds. The molecule has 0 aliphatic heterocycles. The van der Waals surface area contributed by atoms with Gasteiger partial charge in [0.05, 0.1) is 0 Å². The molecule has 0 aromatic heterocycles. The highest BCUT2D eigenvalue weighted by atomic mass is 16.3. The normalized spacial score (nSPS) is 13.6. The van der Waals surface area contributed by atoms with Crippen molar-refractivity contribution in [2.24, 2.45) is 5.92 Å². The minimum atomic E-state index is 0.334. The summed E-state index contributed by atoms with van der Waals surface area (Å²) < 4.78 is 0. The summed E-state index contributed by atoms with van der Waals surface area (Å²) in [5.74, 6) is 0.998. The van der Waals surface area contributed by atoms with E-state index in [1.54, 1.807) is 12.1 Å². The summed E-state index contributed by atoms with van der Waals surface area (Å²) in [5, 5.41) is 9.32. The first-order valence-electron chi connectivity index (χ1n) is 6.46. The highest BCUT2D eigenvalue weighted by Gasteiger charge is 2.19. The lowest BCUT2D eigenvalue weighted by molar-refractivity contribution is 0.145. The Hall–Kier alpha value is -1.02. The van der Waals surface area contributed by atoms with Gasteiger partial charge in [-0.25, -0.2) is 0 Å². The Morgan fingerprint density at radius 1 is 1.00 bits per heavy atom. The molecule has 2 heteroatoms. The van der Waals surface area contributed by atoms with Gasteiger partial charge in [-0.2, -0.15) is 0 Å². The molecule has 0 bridgehead atoms. The lowest BCUT2D eigenvalue weighted by Crippen LogP contribution is -2.36. The number of benzene rings is 1. The van der Waals surface area contributed by atoms with Gasteiger partial charge < -0.3 is 5.11 Å². The van der Waals surface area contributed by atoms with E-state index in [1.165, 1.54) is 5.56 Å². The van der Waals surface area contributed by atoms with E-state index in [0.717, 1.165) is 6.54 Å². The van der Waals surface area contributed by atoms with Gasteiger partial charge in [-0.3, -0.25) is 4.90 Å². The van der Waals surface area contributed by atoms with Crippen LogP contribution in [-0.2, 0) is 0 Å². The van der Waals surface area contributed by atoms with Crippen LogP contribution >= 0.6 is 0 Å². The van der Waals surface area contributed by atoms with Crippen molar-refractivity contribution in [3.8, 4) is 5.75 Å². The number of phenols is 1. The molecule has 1 N–H and O–H groups in total. The van der Waals surface area contributed by atoms with Crippen LogP contribution in [0, 0.1) is 5.92 Å². The molecule has 1 aromatic rings. The van der Waals surface area contributed by atoms with E-state index < -0.39 is 0 Å². The van der Waals surface area contributed by atoms with E-state index in [-0.39, 0.29) is 0 Å². The van der Waals surface area contributed by atoms with Gasteiger partial charge in [0.2, 0.25) is 0 Å². The number of hydrogen-bond acceptors (Lipinski definition) is 2. The minimum Gasteiger partial charge on any atom is -0.508 e. The van der Waals surface area contributed by atoms with Crippen LogP contribution < -0.4 is 0 Å². The first kappa shape index (κ1) is 14.0. The Kier molecular flexibility index (Phi) is 5.01. The first-order valence-corrected chi connectivity index (χ1v) is 6.46. The van der Waals surface area contributed by atoms with Gasteiger partial charge in [0.15, 0.2) is 0 Å². The molecule has 17 heavy (non-hydrogen) atoms. The molecule has 0 spiro atoms. The molecular formula is C15H25NO. The van der Waals surface area contributed by atoms with Gasteiger partial charge in [0.1, 0.15) is 5.75 Å². The minimum absolute atomic E-state index is 0.334. The van der Waals surface area contributed by atoms with E-state index in [0.29, 0.717) is 23.8 Å². The Morgan fingerprint density at radius 3 is 1.94 bits per heavy atom. The van der Waals surface area contributed by atoms with Gasteiger partial charge in [-0.15, -0.1) is 0 Å². The molecule has 0 radical (unpaired) electrons. The summed E-state index contributed by atoms with van der Waals surface area (Å²) in [7, 11) is 0. The number of nitrogens with zero attached hydrogens (tertiary/aromatic N) is 1. The predicted molar refractivity (Wildman–Crippen MR) is 73.2 cm³/mol. The van der Waals surface area contributed by atoms with E-state index in [4.69, 9.17) is 0 Å². The number of rotatable bonds is 5. The van der Waals surface area contributed by atoms with Crippen molar-refractivity contribution in [2.45, 2.75) is 46.7 Å². The fourth-order valence-corrected chi connectivity index (χ4v) is 2.18. The summed E-state index contributed by atoms with van der Waals surface area (Å²) in [6.07, 6.45) is 0. The summed E-state index contributed by atoms with van der Waals surface area (Å²) in [6, 6.07) is 8.46. The zero-order chi connectivity index (χ0) is 13.0. The number of hydrogen-bond donors (Lipinski definition) is 1. The number of phenolic OH excluding ortho intramolecular Hbond substituents is 1. The Morgan fingerprint density at radius 2 is 1.53 bits per heavy atom. The Bertz CT molecular complexity index is 329. The van der Waals surface area contributed by atoms with Crippen LogP contribution in [0.2, 0.25) is 0 Å². The SMILES string of the molecule is CC(C)CN(C(C)C)C(C)c1ccc(O)cc1. The quantitative estimate of drug-likeness (QED) is 0.838. The maximum absolute atomic E-state index is 9.32. The van der Waals surface area contributed by atoms with E-state index in [1.807, 2.05) is 12.1 Å². The number of aromatic hydroxyl groups is 1. The van der Waals surface area contributed by atoms with Crippen molar-refractivity contribution < 1.29 is 5.11 Å². The van der Waals surface area contributed by atoms with Gasteiger partial charge in [0, 0.05) is 18.6 Å². The first-order chi connectivity index (χ1) is 7.91. The fraction of sp³-hybridized carbons (Fsp3) is 0.600. The van der Waals surface area contributed by atoms with Crippen LogP contribution in [0.4, 0.5) is 0 Å². The standard InChI is InChI=1S/C15H25NO/c1-11(2)10-16(12(3)4)13(5)14-6-8-15(17)9-7-14/h6-9,11-13,17H,10H2,1-5H3. The lowest BCUT2D eigenvalue weighted by Gasteiger charge is -2.34. The third-order valence-electron chi connectivity index (χ3n) is 3.11. The van der Waals surface area contributed by atoms with E-state index in [2.05, 4.69) is 39.5 Å². The topological polar surface area (TPSA) is 23.5 Å². The predicted octanol–water partition coefficient (Wildman–Crippen LogP) is 3.82. The smallest absolute Gasteiger partial charge is 0.115 e. The second kappa shape index (κ2) is 6.06. The van der Waals surface area contributed by atoms with Gasteiger partial charge in [-0.05, 0) is 44.4 Å². The largest absolute Gasteiger partial charge is 0.508 e. The second-order valence-electron chi connectivity index (χ2n) is 5.45. The van der Waals surface area contributed by atoms with Crippen molar-refractivity contribution in [3.05, 3.63) is 29.8 Å². The summed E-state index contributed by atoms with van der Waals surface area (Å²) in [5.41, 5.74) is 1.26. The monoisotopic (exact) mass is 235 g/mol. The molecule has 0 saturated carbocycles. The van der Waals surface area contributed by atoms with Crippen molar-refractivity contribution in [1.82, 2.24) is 4.90 Å². The third kappa shape index (κ3) is 4.04. The molecule has 96 valence electrons. The molecule has 0 fully saturated rings. The average molecular weight is 235 g/mol. The molecule has 0 saturated heterocycles. The fourth-order valence-electron chi connectivity index (χ4n) is 2.18. The van der Waals surface area contributed by atoms with Crippen LogP contribution in [0.5, 0.6) is 5.75 Å². The summed E-state index contributed by atoms with van der Waals surface area (Å²) in [4.78, 5) is 2.50. The van der Waals surface area contributed by atoms with Gasteiger partial charge >= 0.3 is 0 Å². The van der Waals surface area contributed by atoms with Crippen LogP contribution in [-0.4, -0.2) is 22.6 Å². The van der Waals surface area contributed by atoms with Crippen molar-refractivity contribution in [1.29, 1.82) is 0 Å². The van der Waals surface area contributed by atoms with Crippen LogP contribution in [0.1, 0.15) is 46.2 Å². The van der Waals surface area contributed by atoms with Crippen molar-refractivity contribution in [3.63, 3.8) is 0 Å². The van der Waals surface area contributed by atoms with Gasteiger partial charge in [-0.1, -0.05) is 26.0 Å². The molecule has 0 aliphatic carbocycles. The molecule has 1 rings (SSSR count). The van der Waals surface area contributed by atoms with Crippen molar-refractivity contribution >= 4 is 0 Å². The zero-order valence-electron chi connectivity index (χ0n) is 11.6. The maximum atomic E-state index is 9.32. The summed E-state index contributed by atoms with van der Waals surface area (Å²) >= 11 is 0. The third-order valence-corrected chi connectivity index (χ3v) is 3.11. The van der Waals surface area contributed by atoms with Crippen molar-refractivity contribution in [2.75, 3.05) is 6.54 Å². The highest BCUT2D eigenvalue weighted by molar-refractivity contribution is 5.27. The molecule has 0 heterocycles. The van der Waals surface area contributed by atoms with E-state index >= 15 is 0 Å². The van der Waals surface area contributed by atoms with Crippen LogP contribution in [0.25, 0.3) is 0 Å². The molecular weight excluding hydrogens is 210 g/mol.